The van der Waals surface area contributed by atoms with Gasteiger partial charge < -0.3 is 28.8 Å². The molecule has 0 radical (unpaired) electrons. The molecule has 174 valence electrons. The van der Waals surface area contributed by atoms with E-state index in [9.17, 15) is 9.90 Å². The summed E-state index contributed by atoms with van der Waals surface area (Å²) in [6, 6.07) is 14.8. The smallest absolute Gasteiger partial charge is 0.312 e. The van der Waals surface area contributed by atoms with Crippen molar-refractivity contribution in [3.8, 4) is 17.2 Å². The number of ether oxygens (including phenoxy) is 5. The second-order valence-corrected chi connectivity index (χ2v) is 7.11. The van der Waals surface area contributed by atoms with Crippen LogP contribution in [0.25, 0.3) is 0 Å². The molecule has 0 aliphatic carbocycles. The van der Waals surface area contributed by atoms with Gasteiger partial charge in [0.25, 0.3) is 0 Å². The van der Waals surface area contributed by atoms with Gasteiger partial charge in [0.2, 0.25) is 0 Å². The number of carbonyl (C=O) groups is 1. The van der Waals surface area contributed by atoms with Crippen molar-refractivity contribution in [2.45, 2.75) is 25.6 Å². The summed E-state index contributed by atoms with van der Waals surface area (Å²) in [5.41, 5.74) is 1.05. The maximum Gasteiger partial charge on any atom is 0.312 e. The standard InChI is InChI=1S/C25H32O7/c1-28-22-10-6-19(7-11-22)17-31-16-4-5-20(25(27)30-3)8-9-21(26)18-32-24-14-12-23(29-2)13-15-24/h6-15,20-21,26H,4-5,16-18H2,1-3H3/t20-,21+/m1/s1. The number of aliphatic hydroxyl groups is 1. The molecule has 2 aromatic carbocycles. The molecule has 0 amide bonds. The lowest BCUT2D eigenvalue weighted by molar-refractivity contribution is -0.144. The van der Waals surface area contributed by atoms with Gasteiger partial charge in [0.05, 0.1) is 33.9 Å². The molecule has 0 unspecified atom stereocenters. The van der Waals surface area contributed by atoms with Crippen LogP contribution in [0.1, 0.15) is 18.4 Å². The molecule has 7 nitrogen and oxygen atoms in total. The van der Waals surface area contributed by atoms with Crippen LogP contribution in [0.5, 0.6) is 17.2 Å². The van der Waals surface area contributed by atoms with Crippen LogP contribution < -0.4 is 14.2 Å². The molecule has 1 N–H and O–H groups in total. The van der Waals surface area contributed by atoms with Gasteiger partial charge in [-0.05, 0) is 54.8 Å². The van der Waals surface area contributed by atoms with Crippen molar-refractivity contribution >= 4 is 5.97 Å². The molecule has 0 saturated heterocycles. The third kappa shape index (κ3) is 8.99. The summed E-state index contributed by atoms with van der Waals surface area (Å²) < 4.78 is 26.4. The Morgan fingerprint density at radius 3 is 2.09 bits per heavy atom. The first-order valence-corrected chi connectivity index (χ1v) is 10.5. The van der Waals surface area contributed by atoms with Crippen molar-refractivity contribution in [3.63, 3.8) is 0 Å². The zero-order valence-electron chi connectivity index (χ0n) is 18.9. The first-order valence-electron chi connectivity index (χ1n) is 10.5. The van der Waals surface area contributed by atoms with E-state index in [4.69, 9.17) is 23.7 Å². The number of methoxy groups -OCH3 is 3. The van der Waals surface area contributed by atoms with E-state index in [0.717, 1.165) is 17.1 Å². The third-order valence-electron chi connectivity index (χ3n) is 4.78. The van der Waals surface area contributed by atoms with E-state index in [2.05, 4.69) is 0 Å². The fraction of sp³-hybridized carbons (Fsp3) is 0.400. The summed E-state index contributed by atoms with van der Waals surface area (Å²) in [5.74, 6) is 1.35. The zero-order valence-corrected chi connectivity index (χ0v) is 18.9. The van der Waals surface area contributed by atoms with Gasteiger partial charge in [-0.3, -0.25) is 4.79 Å². The molecular weight excluding hydrogens is 412 g/mol. The van der Waals surface area contributed by atoms with Gasteiger partial charge in [0.15, 0.2) is 0 Å². The summed E-state index contributed by atoms with van der Waals surface area (Å²) in [6.07, 6.45) is 3.60. The van der Waals surface area contributed by atoms with Crippen LogP contribution in [0.4, 0.5) is 0 Å². The lowest BCUT2D eigenvalue weighted by Crippen LogP contribution is -2.18. The molecule has 0 aromatic heterocycles. The highest BCUT2D eigenvalue weighted by molar-refractivity contribution is 5.74. The Bertz CT molecular complexity index is 815. The van der Waals surface area contributed by atoms with Crippen LogP contribution >= 0.6 is 0 Å². The van der Waals surface area contributed by atoms with Crippen molar-refractivity contribution in [2.75, 3.05) is 34.5 Å². The first-order chi connectivity index (χ1) is 15.5. The molecule has 0 aliphatic rings. The lowest BCUT2D eigenvalue weighted by Gasteiger charge is -2.13. The fourth-order valence-corrected chi connectivity index (χ4v) is 2.93. The van der Waals surface area contributed by atoms with E-state index in [0.29, 0.717) is 31.8 Å². The number of benzene rings is 2. The Kier molecular flexibility index (Phi) is 11.1. The van der Waals surface area contributed by atoms with Gasteiger partial charge in [0, 0.05) is 6.61 Å². The molecule has 2 atom stereocenters. The number of esters is 1. The minimum atomic E-state index is -0.851. The summed E-state index contributed by atoms with van der Waals surface area (Å²) in [5, 5.41) is 10.2. The SMILES string of the molecule is COC(=O)[C@@H](C=C[C@H](O)COc1ccc(OC)cc1)CCCOCc1ccc(OC)cc1. The Balaban J connectivity index is 1.73. The Morgan fingerprint density at radius 2 is 1.50 bits per heavy atom. The summed E-state index contributed by atoms with van der Waals surface area (Å²) in [6.45, 7) is 1.07. The molecule has 0 saturated carbocycles. The van der Waals surface area contributed by atoms with Crippen molar-refractivity contribution in [1.82, 2.24) is 0 Å². The van der Waals surface area contributed by atoms with Crippen molar-refractivity contribution in [3.05, 3.63) is 66.2 Å². The normalized spacial score (nSPS) is 12.9. The summed E-state index contributed by atoms with van der Waals surface area (Å²) in [4.78, 5) is 12.1. The van der Waals surface area contributed by atoms with Crippen LogP contribution in [-0.4, -0.2) is 51.7 Å². The monoisotopic (exact) mass is 444 g/mol. The fourth-order valence-electron chi connectivity index (χ4n) is 2.93. The van der Waals surface area contributed by atoms with Crippen molar-refractivity contribution < 1.29 is 33.6 Å². The number of carbonyl (C=O) groups excluding carboxylic acids is 1. The second-order valence-electron chi connectivity index (χ2n) is 7.11. The minimum absolute atomic E-state index is 0.0711. The topological polar surface area (TPSA) is 83.5 Å². The van der Waals surface area contributed by atoms with Crippen LogP contribution in [0.2, 0.25) is 0 Å². The highest BCUT2D eigenvalue weighted by Crippen LogP contribution is 2.18. The van der Waals surface area contributed by atoms with Crippen molar-refractivity contribution in [2.24, 2.45) is 5.92 Å². The molecule has 0 bridgehead atoms. The molecule has 0 heterocycles. The van der Waals surface area contributed by atoms with Gasteiger partial charge in [-0.1, -0.05) is 24.3 Å². The molecule has 0 aliphatic heterocycles. The van der Waals surface area contributed by atoms with Crippen molar-refractivity contribution in [1.29, 1.82) is 0 Å². The molecular formula is C25H32O7. The summed E-state index contributed by atoms with van der Waals surface area (Å²) >= 11 is 0. The molecule has 7 heteroatoms. The lowest BCUT2D eigenvalue weighted by atomic mass is 10.0. The number of hydrogen-bond acceptors (Lipinski definition) is 7. The first kappa shape index (κ1) is 25.2. The van der Waals surface area contributed by atoms with Crippen LogP contribution in [0.3, 0.4) is 0 Å². The Labute approximate surface area is 189 Å². The number of aliphatic hydroxyl groups excluding tert-OH is 1. The maximum absolute atomic E-state index is 12.1. The van der Waals surface area contributed by atoms with Gasteiger partial charge in [0.1, 0.15) is 30.0 Å². The molecule has 0 fully saturated rings. The second kappa shape index (κ2) is 14.1. The van der Waals surface area contributed by atoms with Crippen LogP contribution in [-0.2, 0) is 20.9 Å². The Morgan fingerprint density at radius 1 is 0.906 bits per heavy atom. The third-order valence-corrected chi connectivity index (χ3v) is 4.78. The molecule has 2 rings (SSSR count). The van der Waals surface area contributed by atoms with Gasteiger partial charge in [-0.2, -0.15) is 0 Å². The highest BCUT2D eigenvalue weighted by Gasteiger charge is 2.16. The van der Waals surface area contributed by atoms with E-state index < -0.39 is 12.0 Å². The van der Waals surface area contributed by atoms with E-state index in [1.54, 1.807) is 50.6 Å². The van der Waals surface area contributed by atoms with Crippen LogP contribution in [0.15, 0.2) is 60.7 Å². The largest absolute Gasteiger partial charge is 0.497 e. The molecule has 2 aromatic rings. The zero-order chi connectivity index (χ0) is 23.2. The average molecular weight is 445 g/mol. The maximum atomic E-state index is 12.1. The van der Waals surface area contributed by atoms with E-state index in [-0.39, 0.29) is 12.6 Å². The van der Waals surface area contributed by atoms with Gasteiger partial charge in [-0.15, -0.1) is 0 Å². The molecule has 0 spiro atoms. The van der Waals surface area contributed by atoms with Gasteiger partial charge in [-0.25, -0.2) is 0 Å². The average Bonchev–Trinajstić information content (AvgIpc) is 2.84. The Hall–Kier alpha value is -3.03. The van der Waals surface area contributed by atoms with Crippen LogP contribution in [0, 0.1) is 5.92 Å². The van der Waals surface area contributed by atoms with E-state index in [1.165, 1.54) is 7.11 Å². The number of rotatable bonds is 14. The van der Waals surface area contributed by atoms with E-state index in [1.807, 2.05) is 24.3 Å². The summed E-state index contributed by atoms with van der Waals surface area (Å²) in [7, 11) is 4.58. The van der Waals surface area contributed by atoms with Gasteiger partial charge >= 0.3 is 5.97 Å². The van der Waals surface area contributed by atoms with E-state index >= 15 is 0 Å². The minimum Gasteiger partial charge on any atom is -0.497 e. The predicted molar refractivity (Wildman–Crippen MR) is 121 cm³/mol. The number of hydrogen-bond donors (Lipinski definition) is 1. The molecule has 32 heavy (non-hydrogen) atoms. The predicted octanol–water partition coefficient (Wildman–Crippen LogP) is 3.79. The quantitative estimate of drug-likeness (QED) is 0.270. The highest BCUT2D eigenvalue weighted by atomic mass is 16.5.